The van der Waals surface area contributed by atoms with Gasteiger partial charge in [0.1, 0.15) is 0 Å². The van der Waals surface area contributed by atoms with Crippen LogP contribution in [0.15, 0.2) is 23.8 Å². The Labute approximate surface area is 79.9 Å². The number of halogens is 2. The van der Waals surface area contributed by atoms with Crippen molar-refractivity contribution in [3.8, 4) is 0 Å². The van der Waals surface area contributed by atoms with E-state index in [1.165, 1.54) is 19.1 Å². The molecule has 0 aromatic heterocycles. The van der Waals surface area contributed by atoms with Gasteiger partial charge in [-0.15, -0.1) is 0 Å². The molecule has 0 aromatic carbocycles. The van der Waals surface area contributed by atoms with Crippen LogP contribution in [0.5, 0.6) is 0 Å². The topological polar surface area (TPSA) is 37.3 Å². The summed E-state index contributed by atoms with van der Waals surface area (Å²) in [6.45, 7) is 0.606. The third kappa shape index (κ3) is 0.798. The number of fused-ring (bicyclic) bond motifs is 1. The molecule has 3 unspecified atom stereocenters. The van der Waals surface area contributed by atoms with Crippen molar-refractivity contribution in [2.24, 2.45) is 5.41 Å². The molecule has 0 saturated heterocycles. The maximum atomic E-state index is 13.8. The zero-order chi connectivity index (χ0) is 10.6. The molecule has 14 heavy (non-hydrogen) atoms. The van der Waals surface area contributed by atoms with E-state index in [1.54, 1.807) is 0 Å². The van der Waals surface area contributed by atoms with Crippen LogP contribution in [0.4, 0.5) is 8.78 Å². The maximum absolute atomic E-state index is 13.8. The summed E-state index contributed by atoms with van der Waals surface area (Å²) < 4.78 is 27.2. The summed E-state index contributed by atoms with van der Waals surface area (Å²) in [6.07, 6.45) is 1.78. The normalized spacial score (nSPS) is 45.6. The van der Waals surface area contributed by atoms with Crippen molar-refractivity contribution >= 4 is 5.78 Å². The lowest BCUT2D eigenvalue weighted by Gasteiger charge is -2.55. The Kier molecular flexibility index (Phi) is 1.71. The average Bonchev–Trinajstić information content (AvgIpc) is 2.19. The van der Waals surface area contributed by atoms with Gasteiger partial charge in [0, 0.05) is 5.41 Å². The molecule has 1 N–H and O–H groups in total. The number of aliphatic hydroxyl groups excluding tert-OH is 1. The third-order valence-electron chi connectivity index (χ3n) is 3.25. The lowest BCUT2D eigenvalue weighted by Crippen LogP contribution is -2.65. The molecule has 2 nitrogen and oxygen atoms in total. The Morgan fingerprint density at radius 2 is 2.29 bits per heavy atom. The zero-order valence-corrected chi connectivity index (χ0v) is 7.63. The molecule has 0 amide bonds. The lowest BCUT2D eigenvalue weighted by atomic mass is 9.52. The standard InChI is InChI=1S/C10H10F2O2/c1-9-3-2-6(14)4-7(9)8(11)10(9,12)5-13/h2-4,8,13H,5H2,1H3. The highest BCUT2D eigenvalue weighted by Gasteiger charge is 2.68. The van der Waals surface area contributed by atoms with Gasteiger partial charge in [0.25, 0.3) is 0 Å². The van der Waals surface area contributed by atoms with Crippen molar-refractivity contribution in [1.29, 1.82) is 0 Å². The van der Waals surface area contributed by atoms with Crippen molar-refractivity contribution in [2.45, 2.75) is 18.8 Å². The molecule has 0 heterocycles. The Hall–Kier alpha value is -1.03. The fourth-order valence-electron chi connectivity index (χ4n) is 2.09. The first-order chi connectivity index (χ1) is 6.45. The summed E-state index contributed by atoms with van der Waals surface area (Å²) in [7, 11) is 0. The van der Waals surface area contributed by atoms with E-state index in [2.05, 4.69) is 0 Å². The number of aliphatic hydroxyl groups is 1. The number of allylic oxidation sites excluding steroid dienone is 4. The monoisotopic (exact) mass is 200 g/mol. The van der Waals surface area contributed by atoms with Crippen molar-refractivity contribution in [1.82, 2.24) is 0 Å². The highest BCUT2D eigenvalue weighted by Crippen LogP contribution is 2.59. The number of alkyl halides is 2. The minimum atomic E-state index is -2.28. The van der Waals surface area contributed by atoms with E-state index < -0.39 is 23.9 Å². The Balaban J connectivity index is 2.45. The molecule has 76 valence electrons. The van der Waals surface area contributed by atoms with Crippen LogP contribution in [0.1, 0.15) is 6.92 Å². The summed E-state index contributed by atoms with van der Waals surface area (Å²) >= 11 is 0. The second kappa shape index (κ2) is 2.51. The van der Waals surface area contributed by atoms with Crippen LogP contribution in [-0.2, 0) is 4.79 Å². The number of hydrogen-bond donors (Lipinski definition) is 1. The van der Waals surface area contributed by atoms with Gasteiger partial charge in [0.15, 0.2) is 17.6 Å². The van der Waals surface area contributed by atoms with Gasteiger partial charge < -0.3 is 5.11 Å². The van der Waals surface area contributed by atoms with Crippen molar-refractivity contribution in [3.63, 3.8) is 0 Å². The van der Waals surface area contributed by atoms with E-state index in [-0.39, 0.29) is 11.4 Å². The average molecular weight is 200 g/mol. The van der Waals surface area contributed by atoms with Crippen molar-refractivity contribution in [2.75, 3.05) is 6.61 Å². The van der Waals surface area contributed by atoms with Crippen molar-refractivity contribution in [3.05, 3.63) is 23.8 Å². The molecular formula is C10H10F2O2. The van der Waals surface area contributed by atoms with Gasteiger partial charge in [0.05, 0.1) is 6.61 Å². The minimum absolute atomic E-state index is 0.126. The van der Waals surface area contributed by atoms with E-state index in [4.69, 9.17) is 5.11 Å². The molecule has 1 saturated carbocycles. The highest BCUT2D eigenvalue weighted by atomic mass is 19.2. The third-order valence-corrected chi connectivity index (χ3v) is 3.25. The molecule has 1 fully saturated rings. The molecule has 2 aliphatic carbocycles. The molecule has 0 bridgehead atoms. The lowest BCUT2D eigenvalue weighted by molar-refractivity contribution is -0.119. The number of hydrogen-bond acceptors (Lipinski definition) is 2. The van der Waals surface area contributed by atoms with Crippen LogP contribution in [0.3, 0.4) is 0 Å². The van der Waals surface area contributed by atoms with Crippen LogP contribution in [0, 0.1) is 5.41 Å². The van der Waals surface area contributed by atoms with Crippen LogP contribution in [0.25, 0.3) is 0 Å². The Bertz CT molecular complexity index is 361. The van der Waals surface area contributed by atoms with Gasteiger partial charge in [-0.2, -0.15) is 0 Å². The quantitative estimate of drug-likeness (QED) is 0.688. The first kappa shape index (κ1) is 9.52. The van der Waals surface area contributed by atoms with Gasteiger partial charge in [0.2, 0.25) is 0 Å². The van der Waals surface area contributed by atoms with E-state index in [0.717, 1.165) is 6.08 Å². The van der Waals surface area contributed by atoms with Crippen LogP contribution < -0.4 is 0 Å². The molecular weight excluding hydrogens is 190 g/mol. The second-order valence-electron chi connectivity index (χ2n) is 3.92. The van der Waals surface area contributed by atoms with E-state index in [0.29, 0.717) is 0 Å². The predicted molar refractivity (Wildman–Crippen MR) is 46.2 cm³/mol. The Morgan fingerprint density at radius 1 is 1.64 bits per heavy atom. The molecule has 0 aliphatic heterocycles. The Morgan fingerprint density at radius 3 is 2.86 bits per heavy atom. The second-order valence-corrected chi connectivity index (χ2v) is 3.92. The number of carbonyl (C=O) groups is 1. The van der Waals surface area contributed by atoms with Crippen molar-refractivity contribution < 1.29 is 18.7 Å². The van der Waals surface area contributed by atoms with E-state index in [9.17, 15) is 13.6 Å². The first-order valence-electron chi connectivity index (χ1n) is 4.35. The predicted octanol–water partition coefficient (Wildman–Crippen LogP) is 1.11. The summed E-state index contributed by atoms with van der Waals surface area (Å²) in [6, 6.07) is 0. The van der Waals surface area contributed by atoms with E-state index >= 15 is 0 Å². The SMILES string of the molecule is CC12C=CC(=O)C=C1C(F)C2(F)CO. The molecule has 2 rings (SSSR count). The zero-order valence-electron chi connectivity index (χ0n) is 7.63. The van der Waals surface area contributed by atoms with Gasteiger partial charge >= 0.3 is 0 Å². The van der Waals surface area contributed by atoms with E-state index in [1.807, 2.05) is 0 Å². The smallest absolute Gasteiger partial charge is 0.181 e. The first-order valence-corrected chi connectivity index (χ1v) is 4.35. The molecule has 3 atom stereocenters. The molecule has 0 spiro atoms. The molecule has 4 heteroatoms. The summed E-state index contributed by atoms with van der Waals surface area (Å²) in [5.74, 6) is -0.333. The van der Waals surface area contributed by atoms with Gasteiger partial charge in [-0.05, 0) is 24.6 Å². The molecule has 2 aliphatic rings. The summed E-state index contributed by atoms with van der Waals surface area (Å²) in [5, 5.41) is 8.82. The summed E-state index contributed by atoms with van der Waals surface area (Å²) in [4.78, 5) is 10.9. The minimum Gasteiger partial charge on any atom is -0.393 e. The largest absolute Gasteiger partial charge is 0.393 e. The highest BCUT2D eigenvalue weighted by molar-refractivity contribution is 6.02. The van der Waals surface area contributed by atoms with Gasteiger partial charge in [-0.3, -0.25) is 4.79 Å². The number of ketones is 1. The van der Waals surface area contributed by atoms with Crippen LogP contribution in [0.2, 0.25) is 0 Å². The van der Waals surface area contributed by atoms with Crippen LogP contribution >= 0.6 is 0 Å². The summed E-state index contributed by atoms with van der Waals surface area (Å²) in [5.41, 5.74) is -3.31. The fourth-order valence-corrected chi connectivity index (χ4v) is 2.09. The fraction of sp³-hybridized carbons (Fsp3) is 0.500. The molecule has 0 radical (unpaired) electrons. The van der Waals surface area contributed by atoms with Gasteiger partial charge in [-0.25, -0.2) is 8.78 Å². The van der Waals surface area contributed by atoms with Gasteiger partial charge in [-0.1, -0.05) is 6.08 Å². The van der Waals surface area contributed by atoms with Crippen LogP contribution in [-0.4, -0.2) is 29.3 Å². The maximum Gasteiger partial charge on any atom is 0.181 e. The number of rotatable bonds is 1. The number of carbonyl (C=O) groups excluding carboxylic acids is 1. The molecule has 0 aromatic rings.